The molecular weight excluding hydrogens is 150 g/mol. The number of nitrogens with zero attached hydrogens (tertiary/aromatic N) is 1. The number of Topliss-reactive ketones (excluding diaryl/α,β-unsaturated/α-hetero) is 1. The summed E-state index contributed by atoms with van der Waals surface area (Å²) in [4.78, 5) is 15.3. The Morgan fingerprint density at radius 3 is 2.58 bits per heavy atom. The molecule has 0 saturated heterocycles. The second kappa shape index (κ2) is 3.30. The normalized spacial score (nSPS) is 9.50. The van der Waals surface area contributed by atoms with Crippen molar-refractivity contribution in [2.24, 2.45) is 0 Å². The Balaban J connectivity index is 2.98. The predicted octanol–water partition coefficient (Wildman–Crippen LogP) is 2.15. The number of ketones is 1. The van der Waals surface area contributed by atoms with Crippen molar-refractivity contribution in [1.82, 2.24) is 4.98 Å². The Morgan fingerprint density at radius 2 is 2.17 bits per heavy atom. The minimum absolute atomic E-state index is 0.0394. The highest BCUT2D eigenvalue weighted by molar-refractivity contribution is 6.07. The van der Waals surface area contributed by atoms with Crippen LogP contribution in [-0.4, -0.2) is 10.8 Å². The van der Waals surface area contributed by atoms with Crippen LogP contribution in [0.15, 0.2) is 30.5 Å². The Morgan fingerprint density at radius 1 is 1.50 bits per heavy atom. The molecule has 0 saturated carbocycles. The van der Waals surface area contributed by atoms with Crippen molar-refractivity contribution in [1.29, 1.82) is 0 Å². The zero-order chi connectivity index (χ0) is 9.14. The van der Waals surface area contributed by atoms with E-state index in [1.165, 1.54) is 0 Å². The third kappa shape index (κ3) is 1.78. The molecule has 0 aliphatic heterocycles. The Kier molecular flexibility index (Phi) is 2.38. The summed E-state index contributed by atoms with van der Waals surface area (Å²) in [5, 5.41) is 0. The highest BCUT2D eigenvalue weighted by Crippen LogP contribution is 2.05. The molecule has 62 valence electrons. The quantitative estimate of drug-likeness (QED) is 0.491. The van der Waals surface area contributed by atoms with Gasteiger partial charge in [0.2, 0.25) is 0 Å². The summed E-state index contributed by atoms with van der Waals surface area (Å²) in [6, 6.07) is 3.58. The van der Waals surface area contributed by atoms with Gasteiger partial charge in [-0.25, -0.2) is 0 Å². The fraction of sp³-hybridized carbons (Fsp3) is 0.200. The van der Waals surface area contributed by atoms with Crippen LogP contribution in [0.25, 0.3) is 0 Å². The van der Waals surface area contributed by atoms with E-state index in [1.807, 2.05) is 13.0 Å². The largest absolute Gasteiger partial charge is 0.289 e. The highest BCUT2D eigenvalue weighted by atomic mass is 16.1. The van der Waals surface area contributed by atoms with E-state index in [1.54, 1.807) is 19.2 Å². The molecule has 0 radical (unpaired) electrons. The van der Waals surface area contributed by atoms with Gasteiger partial charge in [-0.15, -0.1) is 0 Å². The molecule has 0 N–H and O–H groups in total. The molecule has 0 aromatic carbocycles. The first-order valence-electron chi connectivity index (χ1n) is 3.74. The third-order valence-electron chi connectivity index (χ3n) is 1.56. The Bertz CT molecular complexity index is 311. The van der Waals surface area contributed by atoms with E-state index in [9.17, 15) is 4.79 Å². The summed E-state index contributed by atoms with van der Waals surface area (Å²) in [6.45, 7) is 7.16. The van der Waals surface area contributed by atoms with E-state index in [4.69, 9.17) is 0 Å². The molecule has 0 atom stereocenters. The second-order valence-corrected chi connectivity index (χ2v) is 2.80. The predicted molar refractivity (Wildman–Crippen MR) is 48.1 cm³/mol. The van der Waals surface area contributed by atoms with Gasteiger partial charge >= 0.3 is 0 Å². The fourth-order valence-electron chi connectivity index (χ4n) is 0.849. The van der Waals surface area contributed by atoms with Gasteiger partial charge in [0.1, 0.15) is 0 Å². The number of aromatic nitrogens is 1. The van der Waals surface area contributed by atoms with Crippen LogP contribution < -0.4 is 0 Å². The van der Waals surface area contributed by atoms with Crippen LogP contribution in [0, 0.1) is 6.92 Å². The maximum atomic E-state index is 11.3. The van der Waals surface area contributed by atoms with Crippen LogP contribution in [0.2, 0.25) is 0 Å². The maximum Gasteiger partial charge on any atom is 0.189 e. The number of aryl methyl sites for hydroxylation is 1. The number of carbonyl (C=O) groups is 1. The van der Waals surface area contributed by atoms with Gasteiger partial charge in [0.25, 0.3) is 0 Å². The van der Waals surface area contributed by atoms with Gasteiger partial charge in [0.05, 0.1) is 0 Å². The summed E-state index contributed by atoms with van der Waals surface area (Å²) < 4.78 is 0. The van der Waals surface area contributed by atoms with Gasteiger partial charge in [0.15, 0.2) is 5.78 Å². The van der Waals surface area contributed by atoms with Crippen molar-refractivity contribution < 1.29 is 4.79 Å². The van der Waals surface area contributed by atoms with Gasteiger partial charge < -0.3 is 0 Å². The van der Waals surface area contributed by atoms with Gasteiger partial charge in [-0.2, -0.15) is 0 Å². The zero-order valence-corrected chi connectivity index (χ0v) is 7.29. The molecule has 0 spiro atoms. The topological polar surface area (TPSA) is 30.0 Å². The minimum Gasteiger partial charge on any atom is -0.289 e. The molecule has 0 aliphatic rings. The molecule has 0 fully saturated rings. The lowest BCUT2D eigenvalue weighted by atomic mass is 10.1. The molecule has 0 aliphatic carbocycles. The molecule has 12 heavy (non-hydrogen) atoms. The summed E-state index contributed by atoms with van der Waals surface area (Å²) in [7, 11) is 0. The number of allylic oxidation sites excluding steroid dienone is 1. The SMILES string of the molecule is C=C(C)C(=O)c1ccc(C)nc1. The monoisotopic (exact) mass is 161 g/mol. The van der Waals surface area contributed by atoms with E-state index in [-0.39, 0.29) is 5.78 Å². The summed E-state index contributed by atoms with van der Waals surface area (Å²) in [5.41, 5.74) is 2.06. The van der Waals surface area contributed by atoms with Crippen molar-refractivity contribution in [3.63, 3.8) is 0 Å². The van der Waals surface area contributed by atoms with Gasteiger partial charge in [0, 0.05) is 17.5 Å². The molecule has 0 amide bonds. The van der Waals surface area contributed by atoms with Crippen LogP contribution in [0.5, 0.6) is 0 Å². The first-order chi connectivity index (χ1) is 5.61. The van der Waals surface area contributed by atoms with E-state index in [0.717, 1.165) is 5.69 Å². The molecule has 1 aromatic rings. The molecule has 1 heterocycles. The van der Waals surface area contributed by atoms with Gasteiger partial charge in [-0.1, -0.05) is 6.58 Å². The number of hydrogen-bond donors (Lipinski definition) is 0. The van der Waals surface area contributed by atoms with E-state index >= 15 is 0 Å². The summed E-state index contributed by atoms with van der Waals surface area (Å²) in [6.07, 6.45) is 1.58. The van der Waals surface area contributed by atoms with Gasteiger partial charge in [-0.3, -0.25) is 9.78 Å². The van der Waals surface area contributed by atoms with Crippen LogP contribution in [0.3, 0.4) is 0 Å². The summed E-state index contributed by atoms with van der Waals surface area (Å²) in [5.74, 6) is -0.0394. The number of rotatable bonds is 2. The second-order valence-electron chi connectivity index (χ2n) is 2.80. The summed E-state index contributed by atoms with van der Waals surface area (Å²) >= 11 is 0. The number of pyridine rings is 1. The van der Waals surface area contributed by atoms with Crippen LogP contribution in [0.1, 0.15) is 23.0 Å². The molecule has 1 rings (SSSR count). The average molecular weight is 161 g/mol. The highest BCUT2D eigenvalue weighted by Gasteiger charge is 2.05. The fourth-order valence-corrected chi connectivity index (χ4v) is 0.849. The first kappa shape index (κ1) is 8.65. The van der Waals surface area contributed by atoms with Crippen LogP contribution >= 0.6 is 0 Å². The molecule has 0 bridgehead atoms. The lowest BCUT2D eigenvalue weighted by Gasteiger charge is -1.98. The van der Waals surface area contributed by atoms with E-state index in [2.05, 4.69) is 11.6 Å². The Hall–Kier alpha value is -1.44. The standard InChI is InChI=1S/C10H11NO/c1-7(2)10(12)9-5-4-8(3)11-6-9/h4-6H,1H2,2-3H3. The molecule has 0 unspecified atom stereocenters. The maximum absolute atomic E-state index is 11.3. The average Bonchev–Trinajstić information content (AvgIpc) is 2.04. The number of hydrogen-bond acceptors (Lipinski definition) is 2. The first-order valence-corrected chi connectivity index (χ1v) is 3.74. The smallest absolute Gasteiger partial charge is 0.189 e. The lowest BCUT2D eigenvalue weighted by molar-refractivity contribution is 0.103. The third-order valence-corrected chi connectivity index (χ3v) is 1.56. The minimum atomic E-state index is -0.0394. The zero-order valence-electron chi connectivity index (χ0n) is 7.29. The van der Waals surface area contributed by atoms with Crippen molar-refractivity contribution in [2.75, 3.05) is 0 Å². The van der Waals surface area contributed by atoms with Crippen molar-refractivity contribution in [3.05, 3.63) is 41.7 Å². The molecular formula is C10H11NO. The van der Waals surface area contributed by atoms with E-state index in [0.29, 0.717) is 11.1 Å². The molecule has 2 nitrogen and oxygen atoms in total. The van der Waals surface area contributed by atoms with Crippen LogP contribution in [-0.2, 0) is 0 Å². The number of carbonyl (C=O) groups excluding carboxylic acids is 1. The molecule has 1 aromatic heterocycles. The van der Waals surface area contributed by atoms with Crippen LogP contribution in [0.4, 0.5) is 0 Å². The van der Waals surface area contributed by atoms with Crippen molar-refractivity contribution in [2.45, 2.75) is 13.8 Å². The van der Waals surface area contributed by atoms with E-state index < -0.39 is 0 Å². The lowest BCUT2D eigenvalue weighted by Crippen LogP contribution is -2.00. The Labute approximate surface area is 71.9 Å². The van der Waals surface area contributed by atoms with Crippen molar-refractivity contribution >= 4 is 5.78 Å². The van der Waals surface area contributed by atoms with Crippen molar-refractivity contribution in [3.8, 4) is 0 Å². The van der Waals surface area contributed by atoms with Gasteiger partial charge in [-0.05, 0) is 31.6 Å². The molecule has 2 heteroatoms.